The average Bonchev–Trinajstić information content (AvgIpc) is 2.46. The number of ether oxygens (including phenoxy) is 1. The zero-order chi connectivity index (χ0) is 15.4. The van der Waals surface area contributed by atoms with Crippen LogP contribution in [0.15, 0.2) is 40.9 Å². The van der Waals surface area contributed by atoms with Crippen LogP contribution in [-0.4, -0.2) is 7.05 Å². The molecule has 2 nitrogen and oxygen atoms in total. The summed E-state index contributed by atoms with van der Waals surface area (Å²) in [5.74, 6) is 0.520. The maximum Gasteiger partial charge on any atom is 0.130 e. The summed E-state index contributed by atoms with van der Waals surface area (Å²) >= 11 is 3.25. The Morgan fingerprint density at radius 2 is 2.00 bits per heavy atom. The molecule has 2 aromatic carbocycles. The van der Waals surface area contributed by atoms with Crippen LogP contribution in [0.4, 0.5) is 4.39 Å². The minimum atomic E-state index is -0.262. The summed E-state index contributed by atoms with van der Waals surface area (Å²) in [6.45, 7) is 4.33. The van der Waals surface area contributed by atoms with E-state index in [-0.39, 0.29) is 12.4 Å². The molecular weight excluding hydrogens is 333 g/mol. The average molecular weight is 352 g/mol. The molecule has 4 heteroatoms. The molecule has 0 heterocycles. The molecule has 2 aromatic rings. The van der Waals surface area contributed by atoms with Crippen molar-refractivity contribution in [3.8, 4) is 5.75 Å². The number of halogens is 2. The smallest absolute Gasteiger partial charge is 0.130 e. The third-order valence-corrected chi connectivity index (χ3v) is 4.02. The van der Waals surface area contributed by atoms with Gasteiger partial charge in [-0.05, 0) is 50.2 Å². The summed E-state index contributed by atoms with van der Waals surface area (Å²) < 4.78 is 20.2. The molecule has 0 bridgehead atoms. The van der Waals surface area contributed by atoms with Crippen LogP contribution >= 0.6 is 15.9 Å². The van der Waals surface area contributed by atoms with E-state index in [0.717, 1.165) is 15.8 Å². The predicted octanol–water partition coefficient (Wildman–Crippen LogP) is 4.76. The lowest BCUT2D eigenvalue weighted by molar-refractivity contribution is 0.297. The van der Waals surface area contributed by atoms with Gasteiger partial charge in [0.2, 0.25) is 0 Å². The molecular formula is C17H19BrFNO. The SMILES string of the molecule is CNC(C)c1ccc(OCc2ccc(Br)cc2F)c(C)c1. The van der Waals surface area contributed by atoms with Gasteiger partial charge in [-0.15, -0.1) is 0 Å². The predicted molar refractivity (Wildman–Crippen MR) is 87.1 cm³/mol. The largest absolute Gasteiger partial charge is 0.489 e. The minimum Gasteiger partial charge on any atom is -0.489 e. The van der Waals surface area contributed by atoms with Crippen LogP contribution in [0.2, 0.25) is 0 Å². The summed E-state index contributed by atoms with van der Waals surface area (Å²) in [6, 6.07) is 11.3. The Morgan fingerprint density at radius 1 is 1.24 bits per heavy atom. The molecule has 0 aliphatic carbocycles. The van der Waals surface area contributed by atoms with Gasteiger partial charge in [0.1, 0.15) is 18.2 Å². The topological polar surface area (TPSA) is 21.3 Å². The van der Waals surface area contributed by atoms with Crippen molar-refractivity contribution in [2.75, 3.05) is 7.05 Å². The summed E-state index contributed by atoms with van der Waals surface area (Å²) in [5.41, 5.74) is 2.80. The van der Waals surface area contributed by atoms with Crippen molar-refractivity contribution >= 4 is 15.9 Å². The molecule has 0 radical (unpaired) electrons. The van der Waals surface area contributed by atoms with E-state index >= 15 is 0 Å². The van der Waals surface area contributed by atoms with Crippen molar-refractivity contribution in [2.24, 2.45) is 0 Å². The number of aryl methyl sites for hydroxylation is 1. The normalized spacial score (nSPS) is 12.2. The Bertz CT molecular complexity index is 630. The van der Waals surface area contributed by atoms with Crippen LogP contribution in [0, 0.1) is 12.7 Å². The maximum atomic E-state index is 13.8. The first-order chi connectivity index (χ1) is 10.0. The number of benzene rings is 2. The second kappa shape index (κ2) is 7.05. The van der Waals surface area contributed by atoms with Crippen LogP contribution in [0.25, 0.3) is 0 Å². The third-order valence-electron chi connectivity index (χ3n) is 3.53. The van der Waals surface area contributed by atoms with Crippen molar-refractivity contribution in [1.82, 2.24) is 5.32 Å². The Hall–Kier alpha value is -1.39. The zero-order valence-electron chi connectivity index (χ0n) is 12.4. The first kappa shape index (κ1) is 16.0. The Morgan fingerprint density at radius 3 is 2.62 bits per heavy atom. The second-order valence-electron chi connectivity index (χ2n) is 5.06. The lowest BCUT2D eigenvalue weighted by Crippen LogP contribution is -2.12. The van der Waals surface area contributed by atoms with Crippen LogP contribution in [0.3, 0.4) is 0 Å². The van der Waals surface area contributed by atoms with Crippen molar-refractivity contribution in [3.63, 3.8) is 0 Å². The van der Waals surface area contributed by atoms with E-state index in [4.69, 9.17) is 4.74 Å². The molecule has 0 aliphatic heterocycles. The Labute approximate surface area is 133 Å². The molecule has 0 aliphatic rings. The monoisotopic (exact) mass is 351 g/mol. The standard InChI is InChI=1S/C17H19BrFNO/c1-11-8-13(12(2)20-3)5-7-17(11)21-10-14-4-6-15(18)9-16(14)19/h4-9,12,20H,10H2,1-3H3. The van der Waals surface area contributed by atoms with Gasteiger partial charge in [-0.3, -0.25) is 0 Å². The number of hydrogen-bond donors (Lipinski definition) is 1. The fourth-order valence-corrected chi connectivity index (χ4v) is 2.40. The molecule has 0 amide bonds. The molecule has 21 heavy (non-hydrogen) atoms. The molecule has 0 aromatic heterocycles. The zero-order valence-corrected chi connectivity index (χ0v) is 14.0. The minimum absolute atomic E-state index is 0.223. The maximum absolute atomic E-state index is 13.8. The van der Waals surface area contributed by atoms with Gasteiger partial charge < -0.3 is 10.1 Å². The molecule has 1 atom stereocenters. The first-order valence-electron chi connectivity index (χ1n) is 6.86. The van der Waals surface area contributed by atoms with Crippen molar-refractivity contribution < 1.29 is 9.13 Å². The highest BCUT2D eigenvalue weighted by Crippen LogP contribution is 2.24. The molecule has 0 fully saturated rings. The van der Waals surface area contributed by atoms with E-state index < -0.39 is 0 Å². The van der Waals surface area contributed by atoms with Crippen LogP contribution in [0.1, 0.15) is 29.7 Å². The van der Waals surface area contributed by atoms with Gasteiger partial charge in [0.25, 0.3) is 0 Å². The molecule has 2 rings (SSSR count). The summed E-state index contributed by atoms with van der Waals surface area (Å²) in [5, 5.41) is 3.20. The highest BCUT2D eigenvalue weighted by molar-refractivity contribution is 9.10. The lowest BCUT2D eigenvalue weighted by Gasteiger charge is -2.14. The highest BCUT2D eigenvalue weighted by atomic mass is 79.9. The van der Waals surface area contributed by atoms with Gasteiger partial charge >= 0.3 is 0 Å². The van der Waals surface area contributed by atoms with E-state index in [1.807, 2.05) is 32.2 Å². The Kier molecular flexibility index (Phi) is 5.37. The number of rotatable bonds is 5. The van der Waals surface area contributed by atoms with E-state index in [1.54, 1.807) is 6.07 Å². The quantitative estimate of drug-likeness (QED) is 0.838. The van der Waals surface area contributed by atoms with Crippen LogP contribution in [-0.2, 0) is 6.61 Å². The highest BCUT2D eigenvalue weighted by Gasteiger charge is 2.08. The van der Waals surface area contributed by atoms with Crippen molar-refractivity contribution in [1.29, 1.82) is 0 Å². The molecule has 1 N–H and O–H groups in total. The number of nitrogens with one attached hydrogen (secondary N) is 1. The van der Waals surface area contributed by atoms with Gasteiger partial charge in [0, 0.05) is 16.1 Å². The second-order valence-corrected chi connectivity index (χ2v) is 5.98. The van der Waals surface area contributed by atoms with Gasteiger partial charge in [-0.2, -0.15) is 0 Å². The van der Waals surface area contributed by atoms with Crippen molar-refractivity contribution in [2.45, 2.75) is 26.5 Å². The first-order valence-corrected chi connectivity index (χ1v) is 7.65. The van der Waals surface area contributed by atoms with E-state index in [0.29, 0.717) is 11.6 Å². The molecule has 112 valence electrons. The Balaban J connectivity index is 2.10. The molecule has 1 unspecified atom stereocenters. The number of hydrogen-bond acceptors (Lipinski definition) is 2. The van der Waals surface area contributed by atoms with E-state index in [2.05, 4.69) is 34.2 Å². The molecule has 0 saturated carbocycles. The van der Waals surface area contributed by atoms with Crippen LogP contribution < -0.4 is 10.1 Å². The van der Waals surface area contributed by atoms with Crippen LogP contribution in [0.5, 0.6) is 5.75 Å². The third kappa shape index (κ3) is 4.05. The summed E-state index contributed by atoms with van der Waals surface area (Å²) in [6.07, 6.45) is 0. The summed E-state index contributed by atoms with van der Waals surface area (Å²) in [7, 11) is 1.93. The van der Waals surface area contributed by atoms with Gasteiger partial charge in [0.15, 0.2) is 0 Å². The van der Waals surface area contributed by atoms with E-state index in [1.165, 1.54) is 11.6 Å². The lowest BCUT2D eigenvalue weighted by atomic mass is 10.1. The molecule has 0 spiro atoms. The van der Waals surface area contributed by atoms with Crippen molar-refractivity contribution in [3.05, 3.63) is 63.4 Å². The fraction of sp³-hybridized carbons (Fsp3) is 0.294. The fourth-order valence-electron chi connectivity index (χ4n) is 2.06. The summed E-state index contributed by atoms with van der Waals surface area (Å²) in [4.78, 5) is 0. The van der Waals surface area contributed by atoms with Gasteiger partial charge in [-0.25, -0.2) is 4.39 Å². The van der Waals surface area contributed by atoms with Gasteiger partial charge in [0.05, 0.1) is 0 Å². The molecule has 0 saturated heterocycles. The van der Waals surface area contributed by atoms with E-state index in [9.17, 15) is 4.39 Å². The van der Waals surface area contributed by atoms with Gasteiger partial charge in [-0.1, -0.05) is 34.1 Å².